The summed E-state index contributed by atoms with van der Waals surface area (Å²) in [5, 5.41) is 2.69. The Morgan fingerprint density at radius 1 is 1.14 bits per heavy atom. The topological polar surface area (TPSA) is 118 Å². The van der Waals surface area contributed by atoms with Gasteiger partial charge in [0.25, 0.3) is 5.56 Å². The van der Waals surface area contributed by atoms with Crippen molar-refractivity contribution in [2.24, 2.45) is 19.8 Å². The van der Waals surface area contributed by atoms with E-state index in [-0.39, 0.29) is 0 Å². The summed E-state index contributed by atoms with van der Waals surface area (Å²) in [6.07, 6.45) is 1.53. The van der Waals surface area contributed by atoms with Gasteiger partial charge in [-0.15, -0.1) is 11.3 Å². The first-order valence-electron chi connectivity index (χ1n) is 8.32. The molecule has 142 valence electrons. The van der Waals surface area contributed by atoms with Crippen molar-refractivity contribution in [2.75, 3.05) is 0 Å². The Bertz CT molecular complexity index is 1330. The van der Waals surface area contributed by atoms with Gasteiger partial charge in [-0.3, -0.25) is 18.7 Å². The highest BCUT2D eigenvalue weighted by atomic mass is 32.1. The molecule has 1 amide bonds. The number of rotatable bonds is 4. The molecule has 0 saturated carbocycles. The molecule has 0 aliphatic rings. The van der Waals surface area contributed by atoms with Crippen LogP contribution in [0.2, 0.25) is 0 Å². The van der Waals surface area contributed by atoms with Gasteiger partial charge in [-0.05, 0) is 12.1 Å². The number of hydrogen-bond donors (Lipinski definition) is 1. The van der Waals surface area contributed by atoms with E-state index in [0.717, 1.165) is 20.8 Å². The molecular formula is C18H16N6O3S. The van der Waals surface area contributed by atoms with Crippen molar-refractivity contribution in [1.29, 1.82) is 0 Å². The van der Waals surface area contributed by atoms with Crippen molar-refractivity contribution < 1.29 is 4.79 Å². The number of carbonyl (C=O) groups excluding carboxylic acids is 1. The summed E-state index contributed by atoms with van der Waals surface area (Å²) < 4.78 is 4.10. The number of hydrogen-bond acceptors (Lipinski definition) is 6. The van der Waals surface area contributed by atoms with Crippen LogP contribution in [0.1, 0.15) is 16.1 Å². The van der Waals surface area contributed by atoms with E-state index in [1.807, 2.05) is 5.38 Å². The number of aryl methyl sites for hydroxylation is 1. The molecule has 1 aromatic carbocycles. The maximum Gasteiger partial charge on any atom is 0.332 e. The predicted molar refractivity (Wildman–Crippen MR) is 105 cm³/mol. The molecule has 3 aromatic heterocycles. The van der Waals surface area contributed by atoms with Crippen LogP contribution in [0.3, 0.4) is 0 Å². The number of imidazole rings is 1. The first kappa shape index (κ1) is 17.9. The Kier molecular flexibility index (Phi) is 4.19. The van der Waals surface area contributed by atoms with Gasteiger partial charge in [-0.2, -0.15) is 0 Å². The van der Waals surface area contributed by atoms with E-state index >= 15 is 0 Å². The smallest absolute Gasteiger partial charge is 0.332 e. The van der Waals surface area contributed by atoms with Crippen molar-refractivity contribution >= 4 is 28.4 Å². The minimum absolute atomic E-state index is 0.339. The third-order valence-corrected chi connectivity index (χ3v) is 5.46. The molecule has 0 saturated heterocycles. The molecule has 2 N–H and O–H groups in total. The maximum absolute atomic E-state index is 12.5. The van der Waals surface area contributed by atoms with E-state index < -0.39 is 17.2 Å². The molecule has 0 spiro atoms. The first-order valence-corrected chi connectivity index (χ1v) is 9.20. The molecule has 4 aromatic rings. The lowest BCUT2D eigenvalue weighted by molar-refractivity contribution is 0.100. The Hall–Kier alpha value is -3.53. The molecule has 0 bridgehead atoms. The van der Waals surface area contributed by atoms with Gasteiger partial charge in [-0.1, -0.05) is 12.1 Å². The number of benzene rings is 1. The summed E-state index contributed by atoms with van der Waals surface area (Å²) in [5.41, 5.74) is 7.20. The second kappa shape index (κ2) is 6.57. The van der Waals surface area contributed by atoms with Crippen LogP contribution in [0.5, 0.6) is 0 Å². The van der Waals surface area contributed by atoms with E-state index in [1.54, 1.807) is 35.9 Å². The fourth-order valence-corrected chi connectivity index (χ4v) is 3.80. The van der Waals surface area contributed by atoms with E-state index in [2.05, 4.69) is 9.97 Å². The van der Waals surface area contributed by atoms with Crippen LogP contribution in [0.15, 0.2) is 45.6 Å². The predicted octanol–water partition coefficient (Wildman–Crippen LogP) is 0.704. The lowest BCUT2D eigenvalue weighted by Crippen LogP contribution is -2.37. The van der Waals surface area contributed by atoms with Gasteiger partial charge in [0.15, 0.2) is 11.2 Å². The average Bonchev–Trinajstić information content (AvgIpc) is 3.32. The third kappa shape index (κ3) is 2.83. The van der Waals surface area contributed by atoms with Crippen molar-refractivity contribution in [3.8, 4) is 10.6 Å². The zero-order valence-electron chi connectivity index (χ0n) is 15.1. The SMILES string of the molecule is Cn1c(=O)c2c(ncn2Cc2csc(-c3ccc(C(N)=O)cc3)n2)n(C)c1=O. The number of nitrogens with zero attached hydrogens (tertiary/aromatic N) is 5. The van der Waals surface area contributed by atoms with Crippen LogP contribution in [0.25, 0.3) is 21.7 Å². The molecule has 0 aliphatic heterocycles. The zero-order chi connectivity index (χ0) is 20.0. The molecule has 4 rings (SSSR count). The second-order valence-corrected chi connectivity index (χ2v) is 7.19. The lowest BCUT2D eigenvalue weighted by Gasteiger charge is -2.05. The maximum atomic E-state index is 12.5. The molecular weight excluding hydrogens is 380 g/mol. The van der Waals surface area contributed by atoms with E-state index in [0.29, 0.717) is 23.3 Å². The Morgan fingerprint density at radius 3 is 2.54 bits per heavy atom. The van der Waals surface area contributed by atoms with E-state index in [1.165, 1.54) is 29.3 Å². The number of carbonyl (C=O) groups is 1. The standard InChI is InChI=1S/C18H16N6O3S/c1-22-15-13(17(26)23(2)18(22)27)24(9-20-15)7-12-8-28-16(21-12)11-5-3-10(4-6-11)14(19)25/h3-6,8-9H,7H2,1-2H3,(H2,19,25). The van der Waals surface area contributed by atoms with Crippen molar-refractivity contribution in [3.63, 3.8) is 0 Å². The highest BCUT2D eigenvalue weighted by molar-refractivity contribution is 7.13. The van der Waals surface area contributed by atoms with Crippen LogP contribution < -0.4 is 17.0 Å². The van der Waals surface area contributed by atoms with Crippen molar-refractivity contribution in [1.82, 2.24) is 23.7 Å². The van der Waals surface area contributed by atoms with Gasteiger partial charge in [0.05, 0.1) is 18.6 Å². The fourth-order valence-electron chi connectivity index (χ4n) is 2.98. The number of fused-ring (bicyclic) bond motifs is 1. The van der Waals surface area contributed by atoms with Gasteiger partial charge in [0.1, 0.15) is 5.01 Å². The number of nitrogens with two attached hydrogens (primary N) is 1. The van der Waals surface area contributed by atoms with Crippen LogP contribution in [0.4, 0.5) is 0 Å². The van der Waals surface area contributed by atoms with Gasteiger partial charge >= 0.3 is 5.69 Å². The van der Waals surface area contributed by atoms with Gasteiger partial charge in [0.2, 0.25) is 5.91 Å². The zero-order valence-corrected chi connectivity index (χ0v) is 15.9. The Morgan fingerprint density at radius 2 is 1.86 bits per heavy atom. The molecule has 0 radical (unpaired) electrons. The van der Waals surface area contributed by atoms with Crippen LogP contribution in [-0.4, -0.2) is 29.6 Å². The van der Waals surface area contributed by atoms with Gasteiger partial charge in [0, 0.05) is 30.6 Å². The molecule has 9 nitrogen and oxygen atoms in total. The van der Waals surface area contributed by atoms with Crippen molar-refractivity contribution in [3.05, 3.63) is 68.1 Å². The van der Waals surface area contributed by atoms with E-state index in [9.17, 15) is 14.4 Å². The Labute approximate surface area is 162 Å². The molecule has 28 heavy (non-hydrogen) atoms. The molecule has 0 aliphatic carbocycles. The minimum atomic E-state index is -0.477. The van der Waals surface area contributed by atoms with Gasteiger partial charge < -0.3 is 10.3 Å². The normalized spacial score (nSPS) is 11.2. The Balaban J connectivity index is 1.69. The van der Waals surface area contributed by atoms with Crippen LogP contribution in [0, 0.1) is 0 Å². The second-order valence-electron chi connectivity index (χ2n) is 6.34. The third-order valence-electron chi connectivity index (χ3n) is 4.52. The summed E-state index contributed by atoms with van der Waals surface area (Å²) >= 11 is 1.46. The summed E-state index contributed by atoms with van der Waals surface area (Å²) in [7, 11) is 3.02. The highest BCUT2D eigenvalue weighted by Gasteiger charge is 2.15. The number of aromatic nitrogens is 5. The molecule has 0 unspecified atom stereocenters. The minimum Gasteiger partial charge on any atom is -0.366 e. The number of amides is 1. The quantitative estimate of drug-likeness (QED) is 0.545. The lowest BCUT2D eigenvalue weighted by atomic mass is 10.1. The van der Waals surface area contributed by atoms with E-state index in [4.69, 9.17) is 5.73 Å². The highest BCUT2D eigenvalue weighted by Crippen LogP contribution is 2.24. The first-order chi connectivity index (χ1) is 13.4. The largest absolute Gasteiger partial charge is 0.366 e. The number of primary amides is 1. The van der Waals surface area contributed by atoms with Gasteiger partial charge in [-0.25, -0.2) is 14.8 Å². The van der Waals surface area contributed by atoms with Crippen molar-refractivity contribution in [2.45, 2.75) is 6.54 Å². The molecule has 0 fully saturated rings. The summed E-state index contributed by atoms with van der Waals surface area (Å²) in [6.45, 7) is 0.347. The molecule has 3 heterocycles. The monoisotopic (exact) mass is 396 g/mol. The number of thiazole rings is 1. The molecule has 10 heteroatoms. The summed E-state index contributed by atoms with van der Waals surface area (Å²) in [5.74, 6) is -0.477. The fraction of sp³-hybridized carbons (Fsp3) is 0.167. The van der Waals surface area contributed by atoms with Crippen LogP contribution >= 0.6 is 11.3 Å². The van der Waals surface area contributed by atoms with Crippen LogP contribution in [-0.2, 0) is 20.6 Å². The summed E-state index contributed by atoms with van der Waals surface area (Å²) in [6, 6.07) is 6.90. The average molecular weight is 396 g/mol. The summed E-state index contributed by atoms with van der Waals surface area (Å²) in [4.78, 5) is 44.6. The molecule has 0 atom stereocenters.